The van der Waals surface area contributed by atoms with Gasteiger partial charge >= 0.3 is 12.1 Å². The molecule has 0 bridgehead atoms. The minimum Gasteiger partial charge on any atom is -0.508 e. The number of likely N-dealkylation sites (N-methyl/N-ethyl adjacent to an activating group) is 1. The minimum atomic E-state index is -1.33. The summed E-state index contributed by atoms with van der Waals surface area (Å²) in [5, 5.41) is 34.5. The Balaban J connectivity index is 1.57. The number of alkyl carbamates (subject to hydrolysis) is 1. The van der Waals surface area contributed by atoms with Crippen LogP contribution in [0.15, 0.2) is 109 Å². The standard InChI is InChI=1S/C36H37N3O8/c1-39(34(43)30(20-25-12-16-28(40)17-13-25)38-36(46)47-23-27-10-6-3-7-11-27)32(22-24-8-4-2-5-9-24)33(42)37-31(35(44)45)21-26-14-18-29(41)19-15-26/h2-19,30-32,40-41H,20-23H2,1H3,(H,37,42)(H,38,46)(H,44,45)/t30-,31+,32+/m1/s1. The van der Waals surface area contributed by atoms with Gasteiger partial charge in [0.05, 0.1) is 0 Å². The van der Waals surface area contributed by atoms with Crippen LogP contribution in [-0.2, 0) is 45.0 Å². The highest BCUT2D eigenvalue weighted by atomic mass is 16.5. The zero-order valence-electron chi connectivity index (χ0n) is 25.8. The van der Waals surface area contributed by atoms with Gasteiger partial charge in [-0.15, -0.1) is 0 Å². The number of carbonyl (C=O) groups excluding carboxylic acids is 3. The molecule has 11 heteroatoms. The third-order valence-electron chi connectivity index (χ3n) is 7.56. The van der Waals surface area contributed by atoms with Crippen molar-refractivity contribution in [2.75, 3.05) is 7.05 Å². The Bertz CT molecular complexity index is 1630. The first-order chi connectivity index (χ1) is 22.6. The van der Waals surface area contributed by atoms with Crippen LogP contribution in [-0.4, -0.2) is 69.3 Å². The minimum absolute atomic E-state index is 0.0160. The fourth-order valence-electron chi connectivity index (χ4n) is 4.95. The summed E-state index contributed by atoms with van der Waals surface area (Å²) in [7, 11) is 1.42. The molecule has 47 heavy (non-hydrogen) atoms. The Hall–Kier alpha value is -5.84. The molecule has 244 valence electrons. The van der Waals surface area contributed by atoms with Crippen LogP contribution >= 0.6 is 0 Å². The Kier molecular flexibility index (Phi) is 11.9. The summed E-state index contributed by atoms with van der Waals surface area (Å²) in [5.74, 6) is -2.54. The van der Waals surface area contributed by atoms with Crippen LogP contribution in [0.3, 0.4) is 0 Å². The highest BCUT2D eigenvalue weighted by Gasteiger charge is 2.34. The Morgan fingerprint density at radius 3 is 1.62 bits per heavy atom. The molecule has 0 aliphatic heterocycles. The molecule has 0 aromatic heterocycles. The van der Waals surface area contributed by atoms with E-state index in [2.05, 4.69) is 10.6 Å². The van der Waals surface area contributed by atoms with Gasteiger partial charge in [-0.3, -0.25) is 9.59 Å². The number of aromatic hydroxyl groups is 2. The molecule has 0 aliphatic rings. The number of carboxylic acid groups (broad SMARTS) is 1. The lowest BCUT2D eigenvalue weighted by atomic mass is 10.00. The quantitative estimate of drug-likeness (QED) is 0.139. The first-order valence-electron chi connectivity index (χ1n) is 15.0. The van der Waals surface area contributed by atoms with E-state index < -0.39 is 42.0 Å². The van der Waals surface area contributed by atoms with Crippen molar-refractivity contribution < 1.29 is 39.2 Å². The summed E-state index contributed by atoms with van der Waals surface area (Å²) >= 11 is 0. The van der Waals surface area contributed by atoms with Crippen LogP contribution in [0.5, 0.6) is 11.5 Å². The number of nitrogens with zero attached hydrogens (tertiary/aromatic N) is 1. The smallest absolute Gasteiger partial charge is 0.408 e. The second-order valence-electron chi connectivity index (χ2n) is 11.1. The van der Waals surface area contributed by atoms with E-state index in [4.69, 9.17) is 4.74 Å². The van der Waals surface area contributed by atoms with Crippen molar-refractivity contribution in [1.82, 2.24) is 15.5 Å². The summed E-state index contributed by atoms with van der Waals surface area (Å²) in [4.78, 5) is 54.2. The molecule has 3 atom stereocenters. The Morgan fingerprint density at radius 2 is 1.11 bits per heavy atom. The van der Waals surface area contributed by atoms with E-state index in [1.165, 1.54) is 36.2 Å². The second kappa shape index (κ2) is 16.5. The predicted molar refractivity (Wildman–Crippen MR) is 173 cm³/mol. The lowest BCUT2D eigenvalue weighted by Gasteiger charge is -2.32. The number of rotatable bonds is 14. The van der Waals surface area contributed by atoms with Gasteiger partial charge in [0, 0.05) is 26.3 Å². The van der Waals surface area contributed by atoms with Gasteiger partial charge in [0.15, 0.2) is 0 Å². The van der Waals surface area contributed by atoms with Gasteiger partial charge < -0.3 is 35.6 Å². The molecule has 4 aromatic carbocycles. The van der Waals surface area contributed by atoms with Crippen molar-refractivity contribution >= 4 is 23.9 Å². The zero-order valence-corrected chi connectivity index (χ0v) is 25.8. The van der Waals surface area contributed by atoms with Crippen LogP contribution < -0.4 is 10.6 Å². The largest absolute Gasteiger partial charge is 0.508 e. The number of nitrogens with one attached hydrogen (secondary N) is 2. The molecule has 0 radical (unpaired) electrons. The highest BCUT2D eigenvalue weighted by Crippen LogP contribution is 2.16. The fraction of sp³-hybridized carbons (Fsp3) is 0.222. The molecule has 0 aliphatic carbocycles. The van der Waals surface area contributed by atoms with Crippen molar-refractivity contribution in [3.05, 3.63) is 131 Å². The number of hydrogen-bond donors (Lipinski definition) is 5. The predicted octanol–water partition coefficient (Wildman–Crippen LogP) is 3.82. The number of carbonyl (C=O) groups is 4. The average Bonchev–Trinajstić information content (AvgIpc) is 3.07. The Morgan fingerprint density at radius 1 is 0.638 bits per heavy atom. The van der Waals surface area contributed by atoms with E-state index in [-0.39, 0.29) is 37.4 Å². The van der Waals surface area contributed by atoms with E-state index in [9.17, 15) is 34.5 Å². The van der Waals surface area contributed by atoms with Gasteiger partial charge in [0.2, 0.25) is 11.8 Å². The molecule has 5 N–H and O–H groups in total. The molecule has 4 rings (SSSR count). The molecule has 3 amide bonds. The molecular formula is C36H37N3O8. The van der Waals surface area contributed by atoms with Crippen LogP contribution in [0.25, 0.3) is 0 Å². The van der Waals surface area contributed by atoms with Gasteiger partial charge in [-0.25, -0.2) is 9.59 Å². The summed E-state index contributed by atoms with van der Waals surface area (Å²) in [6.45, 7) is -0.0285. The maximum Gasteiger partial charge on any atom is 0.408 e. The van der Waals surface area contributed by atoms with Crippen molar-refractivity contribution in [1.29, 1.82) is 0 Å². The highest BCUT2D eigenvalue weighted by molar-refractivity contribution is 5.93. The van der Waals surface area contributed by atoms with E-state index in [0.29, 0.717) is 11.1 Å². The molecule has 11 nitrogen and oxygen atoms in total. The third-order valence-corrected chi connectivity index (χ3v) is 7.56. The van der Waals surface area contributed by atoms with Crippen LogP contribution in [0, 0.1) is 0 Å². The number of hydrogen-bond acceptors (Lipinski definition) is 7. The van der Waals surface area contributed by atoms with Gasteiger partial charge in [0.1, 0.15) is 36.2 Å². The number of aliphatic carboxylic acids is 1. The van der Waals surface area contributed by atoms with Crippen molar-refractivity contribution in [2.24, 2.45) is 0 Å². The number of benzene rings is 4. The number of phenolic OH excluding ortho intramolecular Hbond substituents is 2. The normalized spacial score (nSPS) is 12.6. The van der Waals surface area contributed by atoms with Crippen molar-refractivity contribution in [2.45, 2.75) is 44.0 Å². The Labute approximate surface area is 272 Å². The van der Waals surface area contributed by atoms with Crippen LogP contribution in [0.2, 0.25) is 0 Å². The van der Waals surface area contributed by atoms with Crippen LogP contribution in [0.1, 0.15) is 22.3 Å². The summed E-state index contributed by atoms with van der Waals surface area (Å²) in [5.41, 5.74) is 2.68. The molecular weight excluding hydrogens is 602 g/mol. The second-order valence-corrected chi connectivity index (χ2v) is 11.1. The average molecular weight is 640 g/mol. The SMILES string of the molecule is CN(C(=O)[C@@H](Cc1ccc(O)cc1)NC(=O)OCc1ccccc1)[C@@H](Cc1ccccc1)C(=O)N[C@@H](Cc1ccc(O)cc1)C(=O)O. The number of phenols is 2. The van der Waals surface area contributed by atoms with E-state index in [0.717, 1.165) is 11.1 Å². The molecule has 0 fully saturated rings. The summed E-state index contributed by atoms with van der Waals surface area (Å²) in [6, 6.07) is 26.4. The molecule has 0 saturated heterocycles. The summed E-state index contributed by atoms with van der Waals surface area (Å²) in [6.07, 6.45) is -0.828. The molecule has 0 spiro atoms. The molecule has 0 heterocycles. The van der Waals surface area contributed by atoms with Crippen molar-refractivity contribution in [3.63, 3.8) is 0 Å². The first kappa shape index (κ1) is 34.0. The van der Waals surface area contributed by atoms with E-state index in [1.807, 2.05) is 12.1 Å². The van der Waals surface area contributed by atoms with E-state index in [1.54, 1.807) is 72.8 Å². The van der Waals surface area contributed by atoms with Gasteiger partial charge in [0.25, 0.3) is 0 Å². The topological polar surface area (TPSA) is 166 Å². The van der Waals surface area contributed by atoms with Gasteiger partial charge in [-0.2, -0.15) is 0 Å². The molecule has 0 unspecified atom stereocenters. The van der Waals surface area contributed by atoms with Gasteiger partial charge in [-0.05, 0) is 46.5 Å². The number of amides is 3. The number of carboxylic acids is 1. The third kappa shape index (κ3) is 10.4. The number of ether oxygens (including phenoxy) is 1. The molecule has 0 saturated carbocycles. The monoisotopic (exact) mass is 639 g/mol. The molecule has 4 aromatic rings. The maximum atomic E-state index is 14.1. The lowest BCUT2D eigenvalue weighted by molar-refractivity contribution is -0.144. The lowest BCUT2D eigenvalue weighted by Crippen LogP contribution is -2.57. The summed E-state index contributed by atoms with van der Waals surface area (Å²) < 4.78 is 5.37. The first-order valence-corrected chi connectivity index (χ1v) is 15.0. The zero-order chi connectivity index (χ0) is 33.8. The fourth-order valence-corrected chi connectivity index (χ4v) is 4.95. The van der Waals surface area contributed by atoms with Gasteiger partial charge in [-0.1, -0.05) is 84.9 Å². The maximum absolute atomic E-state index is 14.1. The van der Waals surface area contributed by atoms with Crippen LogP contribution in [0.4, 0.5) is 4.79 Å². The van der Waals surface area contributed by atoms with Crippen molar-refractivity contribution in [3.8, 4) is 11.5 Å². The van der Waals surface area contributed by atoms with E-state index >= 15 is 0 Å².